The van der Waals surface area contributed by atoms with Gasteiger partial charge in [0.05, 0.1) is 0 Å². The largest absolute Gasteiger partial charge is 0.299 e. The Hall–Kier alpha value is -1.19. The first-order valence-corrected chi connectivity index (χ1v) is 4.61. The van der Waals surface area contributed by atoms with Crippen LogP contribution >= 0.6 is 11.6 Å². The number of rotatable bonds is 2. The molecule has 0 saturated heterocycles. The maximum absolute atomic E-state index is 11.2. The average Bonchev–Trinajstić information content (AvgIpc) is 2.62. The number of Topliss-reactive ketones (excluding diaryl/α,β-unsaturated/α-hetero) is 1. The van der Waals surface area contributed by atoms with Crippen LogP contribution in [0.4, 0.5) is 0 Å². The minimum absolute atomic E-state index is 0.329. The van der Waals surface area contributed by atoms with Gasteiger partial charge >= 0.3 is 0 Å². The first kappa shape index (κ1) is 9.37. The SMILES string of the molecule is O=CC(=O)C1NCc2cccc(Cl)c21. The fourth-order valence-electron chi connectivity index (χ4n) is 1.68. The zero-order chi connectivity index (χ0) is 10.1. The normalized spacial score (nSPS) is 19.1. The number of carbonyl (C=O) groups is 2. The van der Waals surface area contributed by atoms with E-state index in [0.717, 1.165) is 11.1 Å². The Morgan fingerprint density at radius 3 is 3.07 bits per heavy atom. The highest BCUT2D eigenvalue weighted by Crippen LogP contribution is 2.31. The van der Waals surface area contributed by atoms with Crippen LogP contribution in [0.1, 0.15) is 17.2 Å². The summed E-state index contributed by atoms with van der Waals surface area (Å²) in [6.45, 7) is 0.583. The molecule has 0 aliphatic carbocycles. The fraction of sp³-hybridized carbons (Fsp3) is 0.200. The molecule has 0 saturated carbocycles. The molecule has 0 bridgehead atoms. The smallest absolute Gasteiger partial charge is 0.216 e. The van der Waals surface area contributed by atoms with Gasteiger partial charge in [0.1, 0.15) is 6.04 Å². The standard InChI is InChI=1S/C10H8ClNO2/c11-7-3-1-2-6-4-12-10(9(6)7)8(14)5-13/h1-3,5,10,12H,4H2. The average molecular weight is 210 g/mol. The Labute approximate surface area is 86.1 Å². The summed E-state index contributed by atoms with van der Waals surface area (Å²) in [5.74, 6) is -0.475. The van der Waals surface area contributed by atoms with Crippen molar-refractivity contribution in [3.05, 3.63) is 34.3 Å². The van der Waals surface area contributed by atoms with Gasteiger partial charge in [0.15, 0.2) is 6.29 Å². The number of nitrogens with one attached hydrogen (secondary N) is 1. The van der Waals surface area contributed by atoms with Gasteiger partial charge in [0, 0.05) is 17.1 Å². The number of carbonyl (C=O) groups excluding carboxylic acids is 2. The number of aldehydes is 1. The Kier molecular flexibility index (Phi) is 2.35. The van der Waals surface area contributed by atoms with Crippen molar-refractivity contribution in [3.8, 4) is 0 Å². The van der Waals surface area contributed by atoms with Crippen molar-refractivity contribution in [1.29, 1.82) is 0 Å². The summed E-state index contributed by atoms with van der Waals surface area (Å²) in [7, 11) is 0. The highest BCUT2D eigenvalue weighted by molar-refractivity contribution is 6.33. The monoisotopic (exact) mass is 209 g/mol. The molecule has 1 aliphatic rings. The zero-order valence-corrected chi connectivity index (χ0v) is 8.04. The second-order valence-corrected chi connectivity index (χ2v) is 3.55. The van der Waals surface area contributed by atoms with Crippen LogP contribution < -0.4 is 5.32 Å². The third kappa shape index (κ3) is 1.35. The molecular formula is C10H8ClNO2. The minimum Gasteiger partial charge on any atom is -0.299 e. The van der Waals surface area contributed by atoms with Gasteiger partial charge in [-0.3, -0.25) is 14.9 Å². The topological polar surface area (TPSA) is 46.2 Å². The van der Waals surface area contributed by atoms with Gasteiger partial charge < -0.3 is 0 Å². The van der Waals surface area contributed by atoms with Crippen LogP contribution in [0.25, 0.3) is 0 Å². The molecular weight excluding hydrogens is 202 g/mol. The van der Waals surface area contributed by atoms with Crippen molar-refractivity contribution in [2.24, 2.45) is 0 Å². The lowest BCUT2D eigenvalue weighted by Crippen LogP contribution is -2.22. The van der Waals surface area contributed by atoms with E-state index in [9.17, 15) is 9.59 Å². The Balaban J connectivity index is 2.47. The summed E-state index contributed by atoms with van der Waals surface area (Å²) >= 11 is 5.96. The first-order chi connectivity index (χ1) is 6.74. The Morgan fingerprint density at radius 2 is 2.36 bits per heavy atom. The van der Waals surface area contributed by atoms with E-state index in [1.165, 1.54) is 0 Å². The zero-order valence-electron chi connectivity index (χ0n) is 7.29. The van der Waals surface area contributed by atoms with Crippen molar-refractivity contribution in [2.45, 2.75) is 12.6 Å². The van der Waals surface area contributed by atoms with Gasteiger partial charge in [-0.25, -0.2) is 0 Å². The molecule has 0 amide bonds. The van der Waals surface area contributed by atoms with Gasteiger partial charge in [-0.2, -0.15) is 0 Å². The fourth-order valence-corrected chi connectivity index (χ4v) is 1.99. The second-order valence-electron chi connectivity index (χ2n) is 3.15. The molecule has 3 nitrogen and oxygen atoms in total. The molecule has 0 radical (unpaired) electrons. The van der Waals surface area contributed by atoms with Crippen LogP contribution in [0.15, 0.2) is 18.2 Å². The van der Waals surface area contributed by atoms with Crippen molar-refractivity contribution in [1.82, 2.24) is 5.32 Å². The highest BCUT2D eigenvalue weighted by Gasteiger charge is 2.29. The highest BCUT2D eigenvalue weighted by atomic mass is 35.5. The molecule has 0 spiro atoms. The van der Waals surface area contributed by atoms with E-state index in [4.69, 9.17) is 11.6 Å². The molecule has 0 fully saturated rings. The Morgan fingerprint density at radius 1 is 1.57 bits per heavy atom. The van der Waals surface area contributed by atoms with E-state index >= 15 is 0 Å². The molecule has 0 aromatic heterocycles. The number of benzene rings is 1. The van der Waals surface area contributed by atoms with Crippen LogP contribution in [0.5, 0.6) is 0 Å². The summed E-state index contributed by atoms with van der Waals surface area (Å²) in [5.41, 5.74) is 1.73. The predicted octanol–water partition coefficient (Wildman–Crippen LogP) is 1.25. The lowest BCUT2D eigenvalue weighted by atomic mass is 10.0. The van der Waals surface area contributed by atoms with Crippen molar-refractivity contribution < 1.29 is 9.59 Å². The summed E-state index contributed by atoms with van der Waals surface area (Å²) in [6.07, 6.45) is 0.329. The number of hydrogen-bond donors (Lipinski definition) is 1. The molecule has 1 aromatic rings. The van der Waals surface area contributed by atoms with Crippen molar-refractivity contribution >= 4 is 23.7 Å². The molecule has 4 heteroatoms. The van der Waals surface area contributed by atoms with Gasteiger partial charge in [-0.15, -0.1) is 0 Å². The van der Waals surface area contributed by atoms with E-state index < -0.39 is 11.8 Å². The van der Waals surface area contributed by atoms with Gasteiger partial charge in [-0.05, 0) is 11.6 Å². The first-order valence-electron chi connectivity index (χ1n) is 4.23. The number of ketones is 1. The van der Waals surface area contributed by atoms with Crippen molar-refractivity contribution in [2.75, 3.05) is 0 Å². The summed E-state index contributed by atoms with van der Waals surface area (Å²) < 4.78 is 0. The molecule has 1 unspecified atom stereocenters. The van der Waals surface area contributed by atoms with Crippen LogP contribution in [0, 0.1) is 0 Å². The summed E-state index contributed by atoms with van der Waals surface area (Å²) in [4.78, 5) is 21.6. The van der Waals surface area contributed by atoms with Gasteiger partial charge in [0.2, 0.25) is 5.78 Å². The number of fused-ring (bicyclic) bond motifs is 1. The van der Waals surface area contributed by atoms with E-state index in [2.05, 4.69) is 5.32 Å². The molecule has 72 valence electrons. The molecule has 1 aliphatic heterocycles. The second kappa shape index (κ2) is 3.52. The summed E-state index contributed by atoms with van der Waals surface area (Å²) in [6, 6.07) is 4.89. The molecule has 1 aromatic carbocycles. The number of halogens is 1. The third-order valence-electron chi connectivity index (χ3n) is 2.33. The van der Waals surface area contributed by atoms with Crippen LogP contribution in [-0.2, 0) is 16.1 Å². The molecule has 2 rings (SSSR count). The quantitative estimate of drug-likeness (QED) is 0.589. The molecule has 14 heavy (non-hydrogen) atoms. The summed E-state index contributed by atoms with van der Waals surface area (Å²) in [5, 5.41) is 3.48. The van der Waals surface area contributed by atoms with Crippen LogP contribution in [0.3, 0.4) is 0 Å². The van der Waals surface area contributed by atoms with Crippen molar-refractivity contribution in [3.63, 3.8) is 0 Å². The predicted molar refractivity (Wildman–Crippen MR) is 52.1 cm³/mol. The molecule has 1 atom stereocenters. The molecule has 1 N–H and O–H groups in total. The maximum atomic E-state index is 11.2. The minimum atomic E-state index is -0.559. The van der Waals surface area contributed by atoms with Crippen LogP contribution in [0.2, 0.25) is 5.02 Å². The van der Waals surface area contributed by atoms with Gasteiger partial charge in [-0.1, -0.05) is 23.7 Å². The Bertz CT molecular complexity index is 403. The van der Waals surface area contributed by atoms with Gasteiger partial charge in [0.25, 0.3) is 0 Å². The van der Waals surface area contributed by atoms with E-state index in [0.29, 0.717) is 17.9 Å². The van der Waals surface area contributed by atoms with E-state index in [-0.39, 0.29) is 0 Å². The number of hydrogen-bond acceptors (Lipinski definition) is 3. The third-order valence-corrected chi connectivity index (χ3v) is 2.66. The van der Waals surface area contributed by atoms with Crippen LogP contribution in [-0.4, -0.2) is 12.1 Å². The van der Waals surface area contributed by atoms with E-state index in [1.54, 1.807) is 6.07 Å². The lowest BCUT2D eigenvalue weighted by molar-refractivity contribution is -0.131. The van der Waals surface area contributed by atoms with E-state index in [1.807, 2.05) is 12.1 Å². The molecule has 1 heterocycles. The lowest BCUT2D eigenvalue weighted by Gasteiger charge is -2.07. The maximum Gasteiger partial charge on any atom is 0.216 e.